The van der Waals surface area contributed by atoms with Crippen LogP contribution in [0, 0.1) is 13.8 Å². The summed E-state index contributed by atoms with van der Waals surface area (Å²) in [6.45, 7) is 3.70. The van der Waals surface area contributed by atoms with Crippen molar-refractivity contribution in [2.45, 2.75) is 20.4 Å². The molecule has 3 rings (SSSR count). The molecular formula is C19H20N4O4S. The third kappa shape index (κ3) is 4.74. The summed E-state index contributed by atoms with van der Waals surface area (Å²) in [4.78, 5) is 16.8. The number of carbonyl (C=O) groups is 1. The van der Waals surface area contributed by atoms with E-state index in [4.69, 9.17) is 4.52 Å². The number of hydrogen-bond donors (Lipinski definition) is 2. The lowest BCUT2D eigenvalue weighted by molar-refractivity contribution is 0.0945. The Morgan fingerprint density at radius 1 is 1.14 bits per heavy atom. The summed E-state index contributed by atoms with van der Waals surface area (Å²) >= 11 is 0. The molecule has 2 aromatic carbocycles. The van der Waals surface area contributed by atoms with Crippen molar-refractivity contribution in [3.8, 4) is 11.4 Å². The van der Waals surface area contributed by atoms with Crippen molar-refractivity contribution in [1.82, 2.24) is 15.5 Å². The quantitative estimate of drug-likeness (QED) is 0.657. The predicted molar refractivity (Wildman–Crippen MR) is 105 cm³/mol. The fourth-order valence-corrected chi connectivity index (χ4v) is 3.29. The number of hydrogen-bond acceptors (Lipinski definition) is 6. The number of aryl methyl sites for hydroxylation is 1. The molecule has 146 valence electrons. The van der Waals surface area contributed by atoms with Gasteiger partial charge in [-0.3, -0.25) is 9.52 Å². The highest BCUT2D eigenvalue weighted by Crippen LogP contribution is 2.20. The number of benzene rings is 2. The van der Waals surface area contributed by atoms with Crippen LogP contribution in [-0.4, -0.2) is 30.7 Å². The van der Waals surface area contributed by atoms with Gasteiger partial charge < -0.3 is 9.84 Å². The molecule has 8 nitrogen and oxygen atoms in total. The van der Waals surface area contributed by atoms with E-state index in [1.54, 1.807) is 25.1 Å². The minimum absolute atomic E-state index is 0.0564. The fraction of sp³-hybridized carbons (Fsp3) is 0.211. The maximum atomic E-state index is 12.5. The third-order valence-corrected chi connectivity index (χ3v) is 4.61. The summed E-state index contributed by atoms with van der Waals surface area (Å²) < 4.78 is 30.5. The fourth-order valence-electron chi connectivity index (χ4n) is 2.67. The average Bonchev–Trinajstić information content (AvgIpc) is 3.09. The molecule has 0 saturated heterocycles. The van der Waals surface area contributed by atoms with Gasteiger partial charge in [-0.25, -0.2) is 8.42 Å². The van der Waals surface area contributed by atoms with E-state index >= 15 is 0 Å². The molecule has 0 aliphatic heterocycles. The van der Waals surface area contributed by atoms with Gasteiger partial charge in [-0.1, -0.05) is 35.0 Å². The molecule has 28 heavy (non-hydrogen) atoms. The molecule has 0 fully saturated rings. The Morgan fingerprint density at radius 3 is 2.61 bits per heavy atom. The van der Waals surface area contributed by atoms with Gasteiger partial charge in [0.1, 0.15) is 0 Å². The van der Waals surface area contributed by atoms with Crippen LogP contribution in [0.3, 0.4) is 0 Å². The summed E-state index contributed by atoms with van der Waals surface area (Å²) in [6.07, 6.45) is 1.06. The summed E-state index contributed by atoms with van der Waals surface area (Å²) in [6, 6.07) is 12.5. The Morgan fingerprint density at radius 2 is 1.89 bits per heavy atom. The number of nitrogens with zero attached hydrogens (tertiary/aromatic N) is 2. The number of carbonyl (C=O) groups excluding carboxylic acids is 1. The standard InChI is InChI=1S/C19H20N4O4S/c1-12-6-4-7-14(10-12)18-21-17(27-22-18)11-20-19(24)15-8-5-9-16(13(15)2)23-28(3,25)26/h4-10,23H,11H2,1-3H3,(H,20,24). The number of sulfonamides is 1. The van der Waals surface area contributed by atoms with Crippen LogP contribution in [0.2, 0.25) is 0 Å². The van der Waals surface area contributed by atoms with E-state index in [9.17, 15) is 13.2 Å². The Hall–Kier alpha value is -3.20. The zero-order chi connectivity index (χ0) is 20.3. The van der Waals surface area contributed by atoms with Gasteiger partial charge in [0.15, 0.2) is 0 Å². The lowest BCUT2D eigenvalue weighted by Crippen LogP contribution is -2.24. The molecule has 3 aromatic rings. The molecule has 9 heteroatoms. The monoisotopic (exact) mass is 400 g/mol. The second kappa shape index (κ2) is 7.81. The van der Waals surface area contributed by atoms with Crippen molar-refractivity contribution >= 4 is 21.6 Å². The first-order valence-corrected chi connectivity index (χ1v) is 10.4. The van der Waals surface area contributed by atoms with Crippen LogP contribution in [0.1, 0.15) is 27.4 Å². The first-order chi connectivity index (χ1) is 13.2. The largest absolute Gasteiger partial charge is 0.343 e. The van der Waals surface area contributed by atoms with Gasteiger partial charge in [0.2, 0.25) is 21.7 Å². The molecule has 0 saturated carbocycles. The van der Waals surface area contributed by atoms with Crippen molar-refractivity contribution in [3.05, 3.63) is 65.0 Å². The lowest BCUT2D eigenvalue weighted by Gasteiger charge is -2.11. The molecule has 0 unspecified atom stereocenters. The summed E-state index contributed by atoms with van der Waals surface area (Å²) in [5, 5.41) is 6.65. The van der Waals surface area contributed by atoms with Crippen molar-refractivity contribution in [2.24, 2.45) is 0 Å². The molecule has 0 aliphatic carbocycles. The van der Waals surface area contributed by atoms with Crippen LogP contribution in [0.15, 0.2) is 47.0 Å². The zero-order valence-electron chi connectivity index (χ0n) is 15.7. The molecular weight excluding hydrogens is 380 g/mol. The van der Waals surface area contributed by atoms with Gasteiger partial charge in [-0.15, -0.1) is 0 Å². The molecule has 0 aliphatic rings. The molecule has 0 spiro atoms. The zero-order valence-corrected chi connectivity index (χ0v) is 16.5. The summed E-state index contributed by atoms with van der Waals surface area (Å²) in [5.41, 5.74) is 3.14. The first kappa shape index (κ1) is 19.6. The van der Waals surface area contributed by atoms with Crippen LogP contribution in [0.4, 0.5) is 5.69 Å². The minimum Gasteiger partial charge on any atom is -0.343 e. The summed E-state index contributed by atoms with van der Waals surface area (Å²) in [5.74, 6) is 0.348. The molecule has 0 bridgehead atoms. The van der Waals surface area contributed by atoms with E-state index in [0.717, 1.165) is 17.4 Å². The van der Waals surface area contributed by atoms with Gasteiger partial charge in [0.25, 0.3) is 5.91 Å². The number of nitrogens with one attached hydrogen (secondary N) is 2. The van der Waals surface area contributed by atoms with Gasteiger partial charge in [0, 0.05) is 11.1 Å². The minimum atomic E-state index is -3.44. The normalized spacial score (nSPS) is 11.2. The Labute approximate surface area is 163 Å². The predicted octanol–water partition coefficient (Wildman–Crippen LogP) is 2.65. The highest BCUT2D eigenvalue weighted by atomic mass is 32.2. The summed E-state index contributed by atoms with van der Waals surface area (Å²) in [7, 11) is -3.44. The number of anilines is 1. The van der Waals surface area contributed by atoms with E-state index in [0.29, 0.717) is 22.6 Å². The Kier molecular flexibility index (Phi) is 5.46. The van der Waals surface area contributed by atoms with E-state index in [1.807, 2.05) is 31.2 Å². The third-order valence-electron chi connectivity index (χ3n) is 4.02. The van der Waals surface area contributed by atoms with Crippen LogP contribution in [0.25, 0.3) is 11.4 Å². The van der Waals surface area contributed by atoms with Gasteiger partial charge in [-0.05, 0) is 37.6 Å². The van der Waals surface area contributed by atoms with Crippen LogP contribution >= 0.6 is 0 Å². The molecule has 2 N–H and O–H groups in total. The Balaban J connectivity index is 1.71. The first-order valence-electron chi connectivity index (χ1n) is 8.48. The van der Waals surface area contributed by atoms with Gasteiger partial charge >= 0.3 is 0 Å². The maximum Gasteiger partial charge on any atom is 0.252 e. The van der Waals surface area contributed by atoms with E-state index in [2.05, 4.69) is 20.2 Å². The van der Waals surface area contributed by atoms with Crippen molar-refractivity contribution in [3.63, 3.8) is 0 Å². The SMILES string of the molecule is Cc1cccc(-c2noc(CNC(=O)c3cccc(NS(C)(=O)=O)c3C)n2)c1. The topological polar surface area (TPSA) is 114 Å². The molecule has 0 atom stereocenters. The highest BCUT2D eigenvalue weighted by Gasteiger charge is 2.15. The number of rotatable bonds is 6. The van der Waals surface area contributed by atoms with Crippen LogP contribution < -0.4 is 10.0 Å². The van der Waals surface area contributed by atoms with E-state index in [1.165, 1.54) is 0 Å². The van der Waals surface area contributed by atoms with Crippen LogP contribution in [-0.2, 0) is 16.6 Å². The van der Waals surface area contributed by atoms with Crippen molar-refractivity contribution < 1.29 is 17.7 Å². The molecule has 1 heterocycles. The Bertz CT molecular complexity index is 1120. The second-order valence-electron chi connectivity index (χ2n) is 6.42. The van der Waals surface area contributed by atoms with E-state index in [-0.39, 0.29) is 18.3 Å². The van der Waals surface area contributed by atoms with Gasteiger partial charge in [-0.2, -0.15) is 4.98 Å². The number of amides is 1. The average molecular weight is 400 g/mol. The van der Waals surface area contributed by atoms with Gasteiger partial charge in [0.05, 0.1) is 18.5 Å². The van der Waals surface area contributed by atoms with Crippen molar-refractivity contribution in [2.75, 3.05) is 11.0 Å². The lowest BCUT2D eigenvalue weighted by atomic mass is 10.1. The maximum absolute atomic E-state index is 12.5. The highest BCUT2D eigenvalue weighted by molar-refractivity contribution is 7.92. The molecule has 1 amide bonds. The second-order valence-corrected chi connectivity index (χ2v) is 8.16. The number of aromatic nitrogens is 2. The molecule has 1 aromatic heterocycles. The van der Waals surface area contributed by atoms with E-state index < -0.39 is 10.0 Å². The van der Waals surface area contributed by atoms with Crippen LogP contribution in [0.5, 0.6) is 0 Å². The van der Waals surface area contributed by atoms with Crippen molar-refractivity contribution in [1.29, 1.82) is 0 Å². The smallest absolute Gasteiger partial charge is 0.252 e. The molecule has 0 radical (unpaired) electrons.